The molecule has 0 atom stereocenters. The van der Waals surface area contributed by atoms with E-state index in [9.17, 15) is 9.59 Å². The van der Waals surface area contributed by atoms with Crippen molar-refractivity contribution < 1.29 is 19.4 Å². The van der Waals surface area contributed by atoms with Crippen molar-refractivity contribution in [1.82, 2.24) is 4.57 Å². The van der Waals surface area contributed by atoms with Crippen molar-refractivity contribution in [2.24, 2.45) is 0 Å². The van der Waals surface area contributed by atoms with E-state index < -0.39 is 11.4 Å². The third kappa shape index (κ3) is 2.56. The first-order valence-corrected chi connectivity index (χ1v) is 6.64. The number of methoxy groups -OCH3 is 1. The molecule has 0 radical (unpaired) electrons. The fourth-order valence-corrected chi connectivity index (χ4v) is 2.24. The lowest BCUT2D eigenvalue weighted by Crippen LogP contribution is -2.18. The fraction of sp³-hybridized carbons (Fsp3) is 0.333. The molecule has 0 saturated heterocycles. The topological polar surface area (TPSA) is 77.8 Å². The van der Waals surface area contributed by atoms with Crippen LogP contribution in [0.1, 0.15) is 24.2 Å². The van der Waals surface area contributed by atoms with Crippen molar-refractivity contribution >= 4 is 16.9 Å². The van der Waals surface area contributed by atoms with Crippen LogP contribution in [0.25, 0.3) is 10.9 Å². The number of rotatable bonds is 5. The SMILES string of the molecule is CCOc1cc2c(=O)c(C(=O)O)cn(CC)c2cc1OC. The second-order valence-corrected chi connectivity index (χ2v) is 4.42. The molecule has 112 valence electrons. The standard InChI is InChI=1S/C15H17NO5/c1-4-16-8-10(15(18)19)14(17)9-6-13(21-5-2)12(20-3)7-11(9)16/h6-8H,4-5H2,1-3H3,(H,18,19). The summed E-state index contributed by atoms with van der Waals surface area (Å²) in [6.07, 6.45) is 1.35. The number of hydrogen-bond acceptors (Lipinski definition) is 4. The zero-order valence-corrected chi connectivity index (χ0v) is 12.2. The van der Waals surface area contributed by atoms with E-state index in [1.807, 2.05) is 13.8 Å². The molecule has 6 heteroatoms. The lowest BCUT2D eigenvalue weighted by Gasteiger charge is -2.14. The molecular formula is C15H17NO5. The van der Waals surface area contributed by atoms with Gasteiger partial charge >= 0.3 is 5.97 Å². The number of aromatic carboxylic acids is 1. The zero-order valence-electron chi connectivity index (χ0n) is 12.2. The summed E-state index contributed by atoms with van der Waals surface area (Å²) in [5.41, 5.74) is -0.157. The second-order valence-electron chi connectivity index (χ2n) is 4.42. The summed E-state index contributed by atoms with van der Waals surface area (Å²) >= 11 is 0. The second kappa shape index (κ2) is 5.87. The fourth-order valence-electron chi connectivity index (χ4n) is 2.24. The maximum atomic E-state index is 12.3. The van der Waals surface area contributed by atoms with Gasteiger partial charge in [0.1, 0.15) is 5.56 Å². The molecule has 0 aliphatic carbocycles. The van der Waals surface area contributed by atoms with E-state index in [4.69, 9.17) is 14.6 Å². The van der Waals surface area contributed by atoms with Gasteiger partial charge < -0.3 is 19.1 Å². The smallest absolute Gasteiger partial charge is 0.341 e. The molecule has 0 aliphatic rings. The van der Waals surface area contributed by atoms with Crippen LogP contribution in [0, 0.1) is 0 Å². The summed E-state index contributed by atoms with van der Waals surface area (Å²) in [5.74, 6) is -0.304. The van der Waals surface area contributed by atoms with Gasteiger partial charge in [0.15, 0.2) is 11.5 Å². The Morgan fingerprint density at radius 3 is 2.52 bits per heavy atom. The van der Waals surface area contributed by atoms with Crippen LogP contribution >= 0.6 is 0 Å². The van der Waals surface area contributed by atoms with Gasteiger partial charge in [-0.15, -0.1) is 0 Å². The van der Waals surface area contributed by atoms with Crippen LogP contribution in [0.3, 0.4) is 0 Å². The number of carboxylic acids is 1. The summed E-state index contributed by atoms with van der Waals surface area (Å²) in [7, 11) is 1.52. The Hall–Kier alpha value is -2.50. The summed E-state index contributed by atoms with van der Waals surface area (Å²) < 4.78 is 12.4. The van der Waals surface area contributed by atoms with Gasteiger partial charge in [0.2, 0.25) is 5.43 Å². The number of aryl methyl sites for hydroxylation is 1. The van der Waals surface area contributed by atoms with Crippen LogP contribution < -0.4 is 14.9 Å². The van der Waals surface area contributed by atoms with E-state index in [2.05, 4.69) is 0 Å². The Morgan fingerprint density at radius 1 is 1.29 bits per heavy atom. The molecule has 1 aromatic carbocycles. The van der Waals surface area contributed by atoms with E-state index >= 15 is 0 Å². The van der Waals surface area contributed by atoms with Crippen LogP contribution in [0.2, 0.25) is 0 Å². The molecule has 0 fully saturated rings. The van der Waals surface area contributed by atoms with Gasteiger partial charge in [-0.1, -0.05) is 0 Å². The maximum Gasteiger partial charge on any atom is 0.341 e. The van der Waals surface area contributed by atoms with Crippen molar-refractivity contribution in [2.75, 3.05) is 13.7 Å². The van der Waals surface area contributed by atoms with E-state index in [0.717, 1.165) is 0 Å². The van der Waals surface area contributed by atoms with Crippen molar-refractivity contribution in [1.29, 1.82) is 0 Å². The number of aromatic nitrogens is 1. The predicted octanol–water partition coefficient (Wildman–Crippen LogP) is 2.13. The van der Waals surface area contributed by atoms with Crippen molar-refractivity contribution in [2.45, 2.75) is 20.4 Å². The van der Waals surface area contributed by atoms with Gasteiger partial charge in [0.25, 0.3) is 0 Å². The molecule has 0 saturated carbocycles. The summed E-state index contributed by atoms with van der Waals surface area (Å²) in [6, 6.07) is 3.23. The van der Waals surface area contributed by atoms with Gasteiger partial charge in [-0.05, 0) is 19.9 Å². The highest BCUT2D eigenvalue weighted by Crippen LogP contribution is 2.31. The number of carboxylic acid groups (broad SMARTS) is 1. The lowest BCUT2D eigenvalue weighted by atomic mass is 10.1. The van der Waals surface area contributed by atoms with E-state index in [1.54, 1.807) is 16.7 Å². The van der Waals surface area contributed by atoms with Crippen molar-refractivity contribution in [3.63, 3.8) is 0 Å². The van der Waals surface area contributed by atoms with Crippen molar-refractivity contribution in [3.05, 3.63) is 34.1 Å². The van der Waals surface area contributed by atoms with Crippen LogP contribution in [0.15, 0.2) is 23.1 Å². The summed E-state index contributed by atoms with van der Waals surface area (Å²) in [5, 5.41) is 9.46. The molecule has 6 nitrogen and oxygen atoms in total. The molecule has 2 aromatic rings. The number of benzene rings is 1. The highest BCUT2D eigenvalue weighted by atomic mass is 16.5. The minimum absolute atomic E-state index is 0.253. The largest absolute Gasteiger partial charge is 0.493 e. The Balaban J connectivity index is 2.88. The molecule has 0 amide bonds. The first-order valence-electron chi connectivity index (χ1n) is 6.64. The molecule has 0 spiro atoms. The van der Waals surface area contributed by atoms with E-state index in [-0.39, 0.29) is 5.56 Å². The Kier molecular flexibility index (Phi) is 4.16. The van der Waals surface area contributed by atoms with Crippen LogP contribution in [-0.2, 0) is 6.54 Å². The first kappa shape index (κ1) is 14.9. The molecule has 0 unspecified atom stereocenters. The average molecular weight is 291 g/mol. The van der Waals surface area contributed by atoms with Gasteiger partial charge in [-0.2, -0.15) is 0 Å². The molecule has 21 heavy (non-hydrogen) atoms. The lowest BCUT2D eigenvalue weighted by molar-refractivity contribution is 0.0695. The van der Waals surface area contributed by atoms with Crippen LogP contribution in [-0.4, -0.2) is 29.4 Å². The maximum absolute atomic E-state index is 12.3. The van der Waals surface area contributed by atoms with Crippen LogP contribution in [0.4, 0.5) is 0 Å². The van der Waals surface area contributed by atoms with Crippen molar-refractivity contribution in [3.8, 4) is 11.5 Å². The minimum Gasteiger partial charge on any atom is -0.493 e. The minimum atomic E-state index is -1.24. The highest BCUT2D eigenvalue weighted by Gasteiger charge is 2.17. The third-order valence-corrected chi connectivity index (χ3v) is 3.24. The molecule has 1 aromatic heterocycles. The number of ether oxygens (including phenoxy) is 2. The van der Waals surface area contributed by atoms with Gasteiger partial charge in [-0.25, -0.2) is 4.79 Å². The Morgan fingerprint density at radius 2 is 2.00 bits per heavy atom. The Bertz CT molecular complexity index is 748. The number of nitrogens with zero attached hydrogens (tertiary/aromatic N) is 1. The number of pyridine rings is 1. The normalized spacial score (nSPS) is 10.6. The molecule has 0 aliphatic heterocycles. The van der Waals surface area contributed by atoms with E-state index in [0.29, 0.717) is 35.6 Å². The number of hydrogen-bond donors (Lipinski definition) is 1. The summed E-state index contributed by atoms with van der Waals surface area (Å²) in [4.78, 5) is 23.5. The molecular weight excluding hydrogens is 274 g/mol. The van der Waals surface area contributed by atoms with Gasteiger partial charge in [-0.3, -0.25) is 4.79 Å². The summed E-state index contributed by atoms with van der Waals surface area (Å²) in [6.45, 7) is 4.65. The monoisotopic (exact) mass is 291 g/mol. The number of carbonyl (C=O) groups is 1. The average Bonchev–Trinajstić information content (AvgIpc) is 2.47. The molecule has 1 N–H and O–H groups in total. The molecule has 1 heterocycles. The van der Waals surface area contributed by atoms with Gasteiger partial charge in [0, 0.05) is 18.8 Å². The quantitative estimate of drug-likeness (QED) is 0.913. The molecule has 2 rings (SSSR count). The van der Waals surface area contributed by atoms with Crippen LogP contribution in [0.5, 0.6) is 11.5 Å². The predicted molar refractivity (Wildman–Crippen MR) is 78.6 cm³/mol. The highest BCUT2D eigenvalue weighted by molar-refractivity contribution is 5.93. The van der Waals surface area contributed by atoms with Gasteiger partial charge in [0.05, 0.1) is 24.6 Å². The molecule has 0 bridgehead atoms. The Labute approximate surface area is 121 Å². The third-order valence-electron chi connectivity index (χ3n) is 3.24. The first-order chi connectivity index (χ1) is 10.0. The zero-order chi connectivity index (χ0) is 15.6. The van der Waals surface area contributed by atoms with E-state index in [1.165, 1.54) is 13.3 Å². The number of fused-ring (bicyclic) bond motifs is 1.